The molecule has 2 aromatic rings. The van der Waals surface area contributed by atoms with Crippen LogP contribution < -0.4 is 5.32 Å². The number of carbonyl (C=O) groups is 1. The zero-order valence-corrected chi connectivity index (χ0v) is 12.4. The third kappa shape index (κ3) is 2.83. The lowest BCUT2D eigenvalue weighted by atomic mass is 10.2. The Hall–Kier alpha value is -2.14. The lowest BCUT2D eigenvalue weighted by Crippen LogP contribution is -2.37. The maximum absolute atomic E-state index is 12.2. The van der Waals surface area contributed by atoms with Gasteiger partial charge in [-0.1, -0.05) is 0 Å². The maximum Gasteiger partial charge on any atom is 0.241 e. The van der Waals surface area contributed by atoms with Gasteiger partial charge in [-0.25, -0.2) is 4.98 Å². The summed E-state index contributed by atoms with van der Waals surface area (Å²) in [5.41, 5.74) is 1.88. The highest BCUT2D eigenvalue weighted by Gasteiger charge is 2.27. The summed E-state index contributed by atoms with van der Waals surface area (Å²) in [6.45, 7) is 2.96. The minimum atomic E-state index is 0.000528. The SMILES string of the molecule is Cc1nccn1-c1ccc(NC(=O)C2CCCN2C)cc1. The van der Waals surface area contributed by atoms with Crippen molar-refractivity contribution in [3.63, 3.8) is 0 Å². The number of aryl methyl sites for hydroxylation is 1. The van der Waals surface area contributed by atoms with E-state index in [1.807, 2.05) is 49.0 Å². The van der Waals surface area contributed by atoms with Crippen molar-refractivity contribution in [2.45, 2.75) is 25.8 Å². The molecule has 5 heteroatoms. The first-order valence-corrected chi connectivity index (χ1v) is 7.26. The molecule has 0 bridgehead atoms. The molecule has 2 heterocycles. The highest BCUT2D eigenvalue weighted by Crippen LogP contribution is 2.18. The van der Waals surface area contributed by atoms with Gasteiger partial charge in [0.1, 0.15) is 5.82 Å². The van der Waals surface area contributed by atoms with Gasteiger partial charge < -0.3 is 9.88 Å². The van der Waals surface area contributed by atoms with Gasteiger partial charge in [0.15, 0.2) is 0 Å². The summed E-state index contributed by atoms with van der Waals surface area (Å²) >= 11 is 0. The second kappa shape index (κ2) is 5.69. The Labute approximate surface area is 124 Å². The van der Waals surface area contributed by atoms with Crippen LogP contribution in [0.15, 0.2) is 36.7 Å². The molecule has 1 amide bonds. The summed E-state index contributed by atoms with van der Waals surface area (Å²) in [5.74, 6) is 1.03. The molecule has 3 rings (SSSR count). The topological polar surface area (TPSA) is 50.2 Å². The predicted octanol–water partition coefficient (Wildman–Crippen LogP) is 2.21. The molecule has 21 heavy (non-hydrogen) atoms. The van der Waals surface area contributed by atoms with E-state index in [9.17, 15) is 4.79 Å². The van der Waals surface area contributed by atoms with Crippen molar-refractivity contribution in [1.82, 2.24) is 14.5 Å². The smallest absolute Gasteiger partial charge is 0.241 e. The van der Waals surface area contributed by atoms with E-state index in [-0.39, 0.29) is 11.9 Å². The molecule has 1 aliphatic heterocycles. The number of rotatable bonds is 3. The van der Waals surface area contributed by atoms with Crippen LogP contribution in [0.1, 0.15) is 18.7 Å². The Kier molecular flexibility index (Phi) is 3.75. The van der Waals surface area contributed by atoms with Crippen LogP contribution in [-0.4, -0.2) is 40.0 Å². The highest BCUT2D eigenvalue weighted by molar-refractivity contribution is 5.95. The predicted molar refractivity (Wildman–Crippen MR) is 82.6 cm³/mol. The lowest BCUT2D eigenvalue weighted by Gasteiger charge is -2.18. The lowest BCUT2D eigenvalue weighted by molar-refractivity contribution is -0.119. The molecule has 1 unspecified atom stereocenters. The number of nitrogens with zero attached hydrogens (tertiary/aromatic N) is 3. The number of nitrogens with one attached hydrogen (secondary N) is 1. The fraction of sp³-hybridized carbons (Fsp3) is 0.375. The average Bonchev–Trinajstić information content (AvgIpc) is 3.08. The molecule has 110 valence electrons. The van der Waals surface area contributed by atoms with E-state index in [0.29, 0.717) is 0 Å². The van der Waals surface area contributed by atoms with E-state index in [1.54, 1.807) is 6.20 Å². The van der Waals surface area contributed by atoms with Gasteiger partial charge in [0.25, 0.3) is 0 Å². The quantitative estimate of drug-likeness (QED) is 0.940. The van der Waals surface area contributed by atoms with Crippen LogP contribution in [0.4, 0.5) is 5.69 Å². The van der Waals surface area contributed by atoms with Gasteiger partial charge >= 0.3 is 0 Å². The van der Waals surface area contributed by atoms with E-state index in [4.69, 9.17) is 0 Å². The molecule has 0 aliphatic carbocycles. The minimum absolute atomic E-state index is 0.000528. The molecule has 1 saturated heterocycles. The second-order valence-corrected chi connectivity index (χ2v) is 5.52. The monoisotopic (exact) mass is 284 g/mol. The second-order valence-electron chi connectivity index (χ2n) is 5.52. The number of imidazole rings is 1. The van der Waals surface area contributed by atoms with Crippen LogP contribution in [-0.2, 0) is 4.79 Å². The fourth-order valence-corrected chi connectivity index (χ4v) is 2.82. The molecule has 1 fully saturated rings. The summed E-state index contributed by atoms with van der Waals surface area (Å²) in [6.07, 6.45) is 5.74. The molecule has 1 aromatic carbocycles. The van der Waals surface area contributed by atoms with Crippen LogP contribution in [0.5, 0.6) is 0 Å². The van der Waals surface area contributed by atoms with Crippen LogP contribution in [0, 0.1) is 6.92 Å². The van der Waals surface area contributed by atoms with Gasteiger partial charge in [0, 0.05) is 23.8 Å². The first-order chi connectivity index (χ1) is 10.1. The van der Waals surface area contributed by atoms with Crippen molar-refractivity contribution >= 4 is 11.6 Å². The molecule has 1 aliphatic rings. The van der Waals surface area contributed by atoms with E-state index >= 15 is 0 Å². The summed E-state index contributed by atoms with van der Waals surface area (Å²) in [4.78, 5) is 18.5. The van der Waals surface area contributed by atoms with E-state index in [1.165, 1.54) is 0 Å². The van der Waals surface area contributed by atoms with E-state index in [2.05, 4.69) is 15.2 Å². The van der Waals surface area contributed by atoms with Crippen molar-refractivity contribution < 1.29 is 4.79 Å². The summed E-state index contributed by atoms with van der Waals surface area (Å²) in [7, 11) is 2.00. The van der Waals surface area contributed by atoms with Crippen LogP contribution in [0.2, 0.25) is 0 Å². The Morgan fingerprint density at radius 1 is 1.33 bits per heavy atom. The van der Waals surface area contributed by atoms with Crippen molar-refractivity contribution in [3.8, 4) is 5.69 Å². The number of benzene rings is 1. The van der Waals surface area contributed by atoms with Gasteiger partial charge in [0.05, 0.1) is 6.04 Å². The number of amides is 1. The third-order valence-corrected chi connectivity index (χ3v) is 4.06. The molecule has 1 aromatic heterocycles. The standard InChI is InChI=1S/C16H20N4O/c1-12-17-9-11-20(12)14-7-5-13(6-8-14)18-16(21)15-4-3-10-19(15)2/h5-9,11,15H,3-4,10H2,1-2H3,(H,18,21). The molecule has 0 saturated carbocycles. The van der Waals surface area contributed by atoms with E-state index in [0.717, 1.165) is 36.6 Å². The Bertz CT molecular complexity index is 632. The number of hydrogen-bond donors (Lipinski definition) is 1. The fourth-order valence-electron chi connectivity index (χ4n) is 2.82. The number of aromatic nitrogens is 2. The molecule has 0 spiro atoms. The Morgan fingerprint density at radius 3 is 2.67 bits per heavy atom. The summed E-state index contributed by atoms with van der Waals surface area (Å²) in [6, 6.07) is 7.84. The molecular formula is C16H20N4O. The maximum atomic E-state index is 12.2. The summed E-state index contributed by atoms with van der Waals surface area (Å²) < 4.78 is 2.01. The van der Waals surface area contributed by atoms with Crippen molar-refractivity contribution in [1.29, 1.82) is 0 Å². The highest BCUT2D eigenvalue weighted by atomic mass is 16.2. The van der Waals surface area contributed by atoms with Crippen molar-refractivity contribution in [2.24, 2.45) is 0 Å². The number of likely N-dealkylation sites (tertiary alicyclic amines) is 1. The van der Waals surface area contributed by atoms with Gasteiger partial charge in [-0.15, -0.1) is 0 Å². The third-order valence-electron chi connectivity index (χ3n) is 4.06. The zero-order chi connectivity index (χ0) is 14.8. The number of likely N-dealkylation sites (N-methyl/N-ethyl adjacent to an activating group) is 1. The molecular weight excluding hydrogens is 264 g/mol. The van der Waals surface area contributed by atoms with Crippen LogP contribution in [0.25, 0.3) is 5.69 Å². The van der Waals surface area contributed by atoms with Gasteiger partial charge in [0.2, 0.25) is 5.91 Å². The summed E-state index contributed by atoms with van der Waals surface area (Å²) in [5, 5.41) is 3.00. The average molecular weight is 284 g/mol. The first kappa shape index (κ1) is 13.8. The van der Waals surface area contributed by atoms with Gasteiger partial charge in [-0.3, -0.25) is 9.69 Å². The van der Waals surface area contributed by atoms with Gasteiger partial charge in [-0.05, 0) is 57.6 Å². The van der Waals surface area contributed by atoms with Crippen molar-refractivity contribution in [3.05, 3.63) is 42.5 Å². The number of carbonyl (C=O) groups excluding carboxylic acids is 1. The zero-order valence-electron chi connectivity index (χ0n) is 12.4. The van der Waals surface area contributed by atoms with Gasteiger partial charge in [-0.2, -0.15) is 0 Å². The number of hydrogen-bond acceptors (Lipinski definition) is 3. The minimum Gasteiger partial charge on any atom is -0.325 e. The molecule has 0 radical (unpaired) electrons. The molecule has 1 N–H and O–H groups in total. The Balaban J connectivity index is 1.70. The van der Waals surface area contributed by atoms with Crippen LogP contribution in [0.3, 0.4) is 0 Å². The van der Waals surface area contributed by atoms with Crippen molar-refractivity contribution in [2.75, 3.05) is 18.9 Å². The van der Waals surface area contributed by atoms with Crippen LogP contribution >= 0.6 is 0 Å². The molecule has 1 atom stereocenters. The Morgan fingerprint density at radius 2 is 2.10 bits per heavy atom. The number of anilines is 1. The molecule has 5 nitrogen and oxygen atoms in total. The normalized spacial score (nSPS) is 18.9. The first-order valence-electron chi connectivity index (χ1n) is 7.26. The van der Waals surface area contributed by atoms with E-state index < -0.39 is 0 Å². The largest absolute Gasteiger partial charge is 0.325 e.